The molecule has 1 saturated carbocycles. The van der Waals surface area contributed by atoms with Crippen molar-refractivity contribution < 1.29 is 17.6 Å². The van der Waals surface area contributed by atoms with Crippen molar-refractivity contribution in [3.05, 3.63) is 0 Å². The summed E-state index contributed by atoms with van der Waals surface area (Å²) in [5.74, 6) is 0.613. The van der Waals surface area contributed by atoms with Gasteiger partial charge in [0, 0.05) is 11.7 Å². The number of rotatable bonds is 7. The zero-order valence-corrected chi connectivity index (χ0v) is 16.1. The number of halogens is 3. The smallest absolute Gasteiger partial charge is 0.396 e. The van der Waals surface area contributed by atoms with Gasteiger partial charge in [0.2, 0.25) is 0 Å². The van der Waals surface area contributed by atoms with Gasteiger partial charge in [0.15, 0.2) is 8.32 Å². The molecule has 1 rings (SSSR count). The summed E-state index contributed by atoms with van der Waals surface area (Å²) >= 11 is 1.72. The van der Waals surface area contributed by atoms with Crippen molar-refractivity contribution in [2.75, 3.05) is 6.26 Å². The van der Waals surface area contributed by atoms with Crippen LogP contribution in [-0.2, 0) is 4.43 Å². The van der Waals surface area contributed by atoms with E-state index in [0.29, 0.717) is 17.6 Å². The molecule has 0 aromatic carbocycles. The lowest BCUT2D eigenvalue weighted by Crippen LogP contribution is -2.44. The first kappa shape index (κ1) is 20.0. The summed E-state index contributed by atoms with van der Waals surface area (Å²) < 4.78 is 43.6. The van der Waals surface area contributed by atoms with E-state index in [1.807, 2.05) is 19.3 Å². The van der Waals surface area contributed by atoms with E-state index in [-0.39, 0.29) is 11.3 Å². The van der Waals surface area contributed by atoms with Crippen molar-refractivity contribution in [3.8, 4) is 0 Å². The lowest BCUT2D eigenvalue weighted by molar-refractivity contribution is -0.0545. The Labute approximate surface area is 137 Å². The van der Waals surface area contributed by atoms with E-state index in [4.69, 9.17) is 4.43 Å². The van der Waals surface area contributed by atoms with Crippen LogP contribution in [0.15, 0.2) is 4.99 Å². The van der Waals surface area contributed by atoms with Gasteiger partial charge < -0.3 is 4.43 Å². The second-order valence-electron chi connectivity index (χ2n) is 7.50. The third-order valence-electron chi connectivity index (χ3n) is 4.51. The highest BCUT2D eigenvalue weighted by Gasteiger charge is 2.41. The van der Waals surface area contributed by atoms with Crippen LogP contribution in [0, 0.1) is 5.92 Å². The van der Waals surface area contributed by atoms with Gasteiger partial charge in [-0.15, -0.1) is 0 Å². The van der Waals surface area contributed by atoms with Gasteiger partial charge in [-0.2, -0.15) is 24.9 Å². The van der Waals surface area contributed by atoms with Crippen molar-refractivity contribution in [2.24, 2.45) is 10.9 Å². The fraction of sp³-hybridized carbons (Fsp3) is 0.933. The molecule has 130 valence electrons. The molecule has 0 radical (unpaired) electrons. The van der Waals surface area contributed by atoms with Gasteiger partial charge >= 0.3 is 6.18 Å². The van der Waals surface area contributed by atoms with E-state index >= 15 is 0 Å². The van der Waals surface area contributed by atoms with Gasteiger partial charge in [0.1, 0.15) is 12.4 Å². The maximum atomic E-state index is 12.5. The number of thioether (sulfide) groups is 1. The Hall–Kier alpha value is -0.0131. The molecule has 0 heterocycles. The first-order chi connectivity index (χ1) is 9.86. The third-order valence-corrected chi connectivity index (χ3v) is 10.2. The van der Waals surface area contributed by atoms with Crippen LogP contribution < -0.4 is 0 Å². The van der Waals surface area contributed by atoms with Crippen LogP contribution in [-0.4, -0.2) is 38.4 Å². The number of nitrogens with zero attached hydrogens (tertiary/aromatic N) is 1. The van der Waals surface area contributed by atoms with Crippen molar-refractivity contribution in [2.45, 2.75) is 75.8 Å². The minimum Gasteiger partial charge on any atom is -0.396 e. The van der Waals surface area contributed by atoms with E-state index in [9.17, 15) is 13.2 Å². The van der Waals surface area contributed by atoms with Crippen molar-refractivity contribution in [1.82, 2.24) is 0 Å². The Kier molecular flexibility index (Phi) is 6.61. The Morgan fingerprint density at radius 2 is 1.82 bits per heavy atom. The summed E-state index contributed by atoms with van der Waals surface area (Å²) in [4.78, 5) is 3.74. The molecule has 0 aromatic heterocycles. The van der Waals surface area contributed by atoms with Gasteiger partial charge in [-0.05, 0) is 43.1 Å². The number of alkyl halides is 3. The van der Waals surface area contributed by atoms with Crippen LogP contribution in [0.4, 0.5) is 13.2 Å². The van der Waals surface area contributed by atoms with E-state index in [2.05, 4.69) is 25.8 Å². The molecule has 0 saturated heterocycles. The number of hydrogen-bond donors (Lipinski definition) is 0. The lowest BCUT2D eigenvalue weighted by Gasteiger charge is -2.38. The molecule has 7 heteroatoms. The molecule has 1 fully saturated rings. The van der Waals surface area contributed by atoms with E-state index in [1.54, 1.807) is 11.8 Å². The Balaban J connectivity index is 2.83. The van der Waals surface area contributed by atoms with Crippen molar-refractivity contribution in [1.29, 1.82) is 0 Å². The molecular weight excluding hydrogens is 327 g/mol. The molecule has 0 spiro atoms. The monoisotopic (exact) mass is 355 g/mol. The first-order valence-electron chi connectivity index (χ1n) is 7.67. The predicted octanol–water partition coefficient (Wildman–Crippen LogP) is 5.50. The van der Waals surface area contributed by atoms with Gasteiger partial charge in [0.25, 0.3) is 0 Å². The highest BCUT2D eigenvalue weighted by Crippen LogP contribution is 2.42. The van der Waals surface area contributed by atoms with Crippen LogP contribution in [0.3, 0.4) is 0 Å². The SMILES string of the molecule is CSC(CC(N=CC(F)(F)F)O[Si](C)(C)C(C)(C)C)C1CC1. The van der Waals surface area contributed by atoms with Gasteiger partial charge in [-0.25, -0.2) is 0 Å². The van der Waals surface area contributed by atoms with Crippen LogP contribution in [0.25, 0.3) is 0 Å². The van der Waals surface area contributed by atoms with E-state index in [1.165, 1.54) is 12.8 Å². The Morgan fingerprint density at radius 3 is 2.18 bits per heavy atom. The zero-order valence-electron chi connectivity index (χ0n) is 14.3. The largest absolute Gasteiger partial charge is 0.426 e. The van der Waals surface area contributed by atoms with E-state index < -0.39 is 20.7 Å². The van der Waals surface area contributed by atoms with Crippen LogP contribution >= 0.6 is 11.8 Å². The molecule has 2 atom stereocenters. The van der Waals surface area contributed by atoms with Gasteiger partial charge in [-0.1, -0.05) is 20.8 Å². The average molecular weight is 356 g/mol. The molecule has 22 heavy (non-hydrogen) atoms. The first-order valence-corrected chi connectivity index (χ1v) is 11.9. The fourth-order valence-electron chi connectivity index (χ4n) is 1.97. The second kappa shape index (κ2) is 7.26. The molecule has 0 bridgehead atoms. The van der Waals surface area contributed by atoms with Gasteiger partial charge in [0.05, 0.1) is 0 Å². The molecule has 0 amide bonds. The quantitative estimate of drug-likeness (QED) is 0.444. The molecule has 0 N–H and O–H groups in total. The highest BCUT2D eigenvalue weighted by molar-refractivity contribution is 7.99. The summed E-state index contributed by atoms with van der Waals surface area (Å²) in [6.45, 7) is 10.3. The number of hydrogen-bond acceptors (Lipinski definition) is 3. The van der Waals surface area contributed by atoms with Crippen LogP contribution in [0.2, 0.25) is 18.1 Å². The molecule has 0 aromatic rings. The zero-order chi connectivity index (χ0) is 17.2. The summed E-state index contributed by atoms with van der Waals surface area (Å²) in [6.07, 6.45) is -0.0769. The normalized spacial score (nSPS) is 20.4. The third kappa shape index (κ3) is 6.62. The maximum absolute atomic E-state index is 12.5. The molecule has 2 unspecified atom stereocenters. The van der Waals surface area contributed by atoms with Crippen molar-refractivity contribution in [3.63, 3.8) is 0 Å². The molecule has 1 aliphatic carbocycles. The summed E-state index contributed by atoms with van der Waals surface area (Å²) in [6, 6.07) is 0. The molecule has 0 aliphatic heterocycles. The van der Waals surface area contributed by atoms with Crippen LogP contribution in [0.5, 0.6) is 0 Å². The summed E-state index contributed by atoms with van der Waals surface area (Å²) in [7, 11) is -2.15. The topological polar surface area (TPSA) is 21.6 Å². The predicted molar refractivity (Wildman–Crippen MR) is 91.3 cm³/mol. The maximum Gasteiger partial charge on any atom is 0.426 e. The molecule has 1 aliphatic rings. The lowest BCUT2D eigenvalue weighted by atomic mass is 10.2. The average Bonchev–Trinajstić information content (AvgIpc) is 3.14. The Morgan fingerprint density at radius 1 is 1.27 bits per heavy atom. The van der Waals surface area contributed by atoms with Crippen molar-refractivity contribution >= 4 is 26.3 Å². The summed E-state index contributed by atoms with van der Waals surface area (Å²) in [5.41, 5.74) is 0. The van der Waals surface area contributed by atoms with E-state index in [0.717, 1.165) is 0 Å². The Bertz CT molecular complexity index is 389. The number of aliphatic imine (C=N–C) groups is 1. The summed E-state index contributed by atoms with van der Waals surface area (Å²) in [5, 5.41) is 0.285. The second-order valence-corrected chi connectivity index (χ2v) is 13.3. The standard InChI is InChI=1S/C15H28F3NOSSi/c1-14(2,3)22(5,6)20-13(19-10-15(16,17)18)9-12(21-4)11-7-8-11/h10-13H,7-9H2,1-6H3. The highest BCUT2D eigenvalue weighted by atomic mass is 32.2. The van der Waals surface area contributed by atoms with Crippen LogP contribution in [0.1, 0.15) is 40.0 Å². The fourth-order valence-corrected chi connectivity index (χ4v) is 4.18. The molecular formula is C15H28F3NOSSi. The minimum absolute atomic E-state index is 0.0482. The minimum atomic E-state index is -4.39. The molecule has 2 nitrogen and oxygen atoms in total. The van der Waals surface area contributed by atoms with Gasteiger partial charge in [-0.3, -0.25) is 4.99 Å².